The van der Waals surface area contributed by atoms with Crippen molar-refractivity contribution in [2.24, 2.45) is 7.05 Å². The lowest BCUT2D eigenvalue weighted by Gasteiger charge is -2.33. The summed E-state index contributed by atoms with van der Waals surface area (Å²) in [6.07, 6.45) is 5.79. The molecule has 0 bridgehead atoms. The monoisotopic (exact) mass is 379 g/mol. The second kappa shape index (κ2) is 5.75. The topological polar surface area (TPSA) is 80.1 Å². The molecular weight excluding hydrogens is 362 g/mol. The molecule has 1 aromatic carbocycles. The van der Waals surface area contributed by atoms with E-state index in [0.717, 1.165) is 16.8 Å². The van der Waals surface area contributed by atoms with Gasteiger partial charge in [0.05, 0.1) is 23.9 Å². The lowest BCUT2D eigenvalue weighted by atomic mass is 9.73. The van der Waals surface area contributed by atoms with Crippen LogP contribution in [0, 0.1) is 0 Å². The van der Waals surface area contributed by atoms with E-state index in [9.17, 15) is 9.59 Å². The molecule has 136 valence electrons. The second-order valence-electron chi connectivity index (χ2n) is 6.94. The average molecular weight is 379 g/mol. The number of aromatic nitrogens is 3. The van der Waals surface area contributed by atoms with E-state index in [2.05, 4.69) is 15.4 Å². The molecule has 7 nitrogen and oxygen atoms in total. The van der Waals surface area contributed by atoms with Crippen LogP contribution in [0.4, 0.5) is 5.69 Å². The normalized spacial score (nSPS) is 23.7. The highest BCUT2D eigenvalue weighted by Gasteiger charge is 2.59. The Morgan fingerprint density at radius 2 is 2.19 bits per heavy atom. The number of benzene rings is 1. The molecule has 2 atom stereocenters. The molecule has 0 saturated carbocycles. The van der Waals surface area contributed by atoms with Crippen molar-refractivity contribution in [2.45, 2.75) is 17.9 Å². The van der Waals surface area contributed by atoms with Gasteiger partial charge in [-0.05, 0) is 18.1 Å². The maximum absolute atomic E-state index is 13.2. The van der Waals surface area contributed by atoms with Crippen LogP contribution in [-0.4, -0.2) is 38.0 Å². The number of amides is 2. The molecule has 5 rings (SSSR count). The summed E-state index contributed by atoms with van der Waals surface area (Å²) in [6.45, 7) is 0.498. The molecule has 0 aliphatic carbocycles. The first kappa shape index (κ1) is 16.2. The van der Waals surface area contributed by atoms with E-state index >= 15 is 0 Å². The predicted molar refractivity (Wildman–Crippen MR) is 100 cm³/mol. The van der Waals surface area contributed by atoms with Gasteiger partial charge in [-0.3, -0.25) is 19.3 Å². The zero-order valence-electron chi connectivity index (χ0n) is 14.6. The van der Waals surface area contributed by atoms with Gasteiger partial charge in [-0.25, -0.2) is 0 Å². The number of anilines is 1. The average Bonchev–Trinajstić information content (AvgIpc) is 3.44. The van der Waals surface area contributed by atoms with Crippen molar-refractivity contribution in [3.8, 4) is 0 Å². The smallest absolute Gasteiger partial charge is 0.266 e. The van der Waals surface area contributed by atoms with E-state index in [1.54, 1.807) is 27.5 Å². The number of likely N-dealkylation sites (tertiary alicyclic amines) is 1. The Morgan fingerprint density at radius 3 is 2.93 bits per heavy atom. The SMILES string of the molecule is Cn1cc(C2N(C(=O)c3cncs3)CCC23C(=O)Nc2ccccc23)cn1. The molecule has 3 aromatic rings. The van der Waals surface area contributed by atoms with Crippen LogP contribution in [0.2, 0.25) is 0 Å². The summed E-state index contributed by atoms with van der Waals surface area (Å²) < 4.78 is 1.70. The Balaban J connectivity index is 1.68. The van der Waals surface area contributed by atoms with Crippen molar-refractivity contribution < 1.29 is 9.59 Å². The van der Waals surface area contributed by atoms with Crippen LogP contribution in [0.15, 0.2) is 48.4 Å². The largest absolute Gasteiger partial charge is 0.329 e. The molecule has 2 aliphatic heterocycles. The van der Waals surface area contributed by atoms with Gasteiger partial charge in [-0.15, -0.1) is 11.3 Å². The highest BCUT2D eigenvalue weighted by atomic mass is 32.1. The summed E-state index contributed by atoms with van der Waals surface area (Å²) in [4.78, 5) is 32.8. The first-order valence-electron chi connectivity index (χ1n) is 8.70. The molecule has 27 heavy (non-hydrogen) atoms. The fourth-order valence-electron chi connectivity index (χ4n) is 4.41. The van der Waals surface area contributed by atoms with Crippen LogP contribution >= 0.6 is 11.3 Å². The molecular formula is C19H17N5O2S. The Bertz CT molecular complexity index is 1040. The summed E-state index contributed by atoms with van der Waals surface area (Å²) in [5, 5.41) is 7.31. The lowest BCUT2D eigenvalue weighted by molar-refractivity contribution is -0.121. The molecule has 2 unspecified atom stereocenters. The first-order valence-corrected chi connectivity index (χ1v) is 9.58. The minimum Gasteiger partial charge on any atom is -0.329 e. The molecule has 1 fully saturated rings. The molecule has 8 heteroatoms. The van der Waals surface area contributed by atoms with Crippen molar-refractivity contribution in [3.05, 3.63) is 64.4 Å². The summed E-state index contributed by atoms with van der Waals surface area (Å²) in [5.41, 5.74) is 3.47. The van der Waals surface area contributed by atoms with E-state index in [4.69, 9.17) is 0 Å². The molecule has 2 aromatic heterocycles. The predicted octanol–water partition coefficient (Wildman–Crippen LogP) is 2.35. The molecule has 4 heterocycles. The van der Waals surface area contributed by atoms with Gasteiger partial charge in [-0.1, -0.05) is 18.2 Å². The Hall–Kier alpha value is -3.00. The standard InChI is InChI=1S/C19H17N5O2S/c1-23-10-12(8-21-23)16-19(13-4-2-3-5-14(13)22-18(19)26)6-7-24(16)17(25)15-9-20-11-27-15/h2-5,8-11,16H,6-7H2,1H3,(H,22,26). The van der Waals surface area contributed by atoms with Gasteiger partial charge >= 0.3 is 0 Å². The Kier molecular flexibility index (Phi) is 3.45. The van der Waals surface area contributed by atoms with Crippen molar-refractivity contribution in [3.63, 3.8) is 0 Å². The minimum atomic E-state index is -0.806. The Labute approximate surface area is 159 Å². The molecule has 2 aliphatic rings. The third-order valence-electron chi connectivity index (χ3n) is 5.53. The number of hydrogen-bond donors (Lipinski definition) is 1. The van der Waals surface area contributed by atoms with Gasteiger partial charge in [0.1, 0.15) is 10.3 Å². The number of nitrogens with zero attached hydrogens (tertiary/aromatic N) is 4. The van der Waals surface area contributed by atoms with Crippen molar-refractivity contribution in [1.82, 2.24) is 19.7 Å². The van der Waals surface area contributed by atoms with Crippen molar-refractivity contribution >= 4 is 28.8 Å². The summed E-state index contributed by atoms with van der Waals surface area (Å²) in [7, 11) is 1.84. The third-order valence-corrected chi connectivity index (χ3v) is 6.29. The van der Waals surface area contributed by atoms with Crippen LogP contribution < -0.4 is 5.32 Å². The summed E-state index contributed by atoms with van der Waals surface area (Å²) >= 11 is 1.31. The summed E-state index contributed by atoms with van der Waals surface area (Å²) in [6, 6.07) is 7.33. The fourth-order valence-corrected chi connectivity index (χ4v) is 4.99. The number of carbonyl (C=O) groups is 2. The van der Waals surface area contributed by atoms with Crippen LogP contribution in [-0.2, 0) is 17.3 Å². The lowest BCUT2D eigenvalue weighted by Crippen LogP contribution is -2.42. The first-order chi connectivity index (χ1) is 13.1. The van der Waals surface area contributed by atoms with Crippen LogP contribution in [0.25, 0.3) is 0 Å². The summed E-state index contributed by atoms with van der Waals surface area (Å²) in [5.74, 6) is -0.155. The van der Waals surface area contributed by atoms with Crippen LogP contribution in [0.3, 0.4) is 0 Å². The number of aryl methyl sites for hydroxylation is 1. The third kappa shape index (κ3) is 2.19. The van der Waals surface area contributed by atoms with Gasteiger partial charge in [0, 0.05) is 31.0 Å². The molecule has 0 radical (unpaired) electrons. The quantitative estimate of drug-likeness (QED) is 0.741. The zero-order valence-corrected chi connectivity index (χ0v) is 15.4. The van der Waals surface area contributed by atoms with Crippen molar-refractivity contribution in [2.75, 3.05) is 11.9 Å². The molecule has 1 saturated heterocycles. The maximum Gasteiger partial charge on any atom is 0.266 e. The molecule has 2 amide bonds. The zero-order chi connectivity index (χ0) is 18.6. The molecule has 1 spiro atoms. The number of para-hydroxylation sites is 1. The van der Waals surface area contributed by atoms with Gasteiger partial charge in [-0.2, -0.15) is 5.10 Å². The maximum atomic E-state index is 13.2. The van der Waals surface area contributed by atoms with Gasteiger partial charge in [0.2, 0.25) is 5.91 Å². The van der Waals surface area contributed by atoms with Gasteiger partial charge in [0.15, 0.2) is 0 Å². The van der Waals surface area contributed by atoms with Gasteiger partial charge in [0.25, 0.3) is 5.91 Å². The van der Waals surface area contributed by atoms with Crippen LogP contribution in [0.5, 0.6) is 0 Å². The fraction of sp³-hybridized carbons (Fsp3) is 0.263. The highest BCUT2D eigenvalue weighted by molar-refractivity contribution is 7.11. The van der Waals surface area contributed by atoms with E-state index in [0.29, 0.717) is 17.8 Å². The second-order valence-corrected chi connectivity index (χ2v) is 7.82. The van der Waals surface area contributed by atoms with E-state index in [1.165, 1.54) is 11.3 Å². The number of fused-ring (bicyclic) bond motifs is 2. The minimum absolute atomic E-state index is 0.0582. The molecule has 1 N–H and O–H groups in total. The number of hydrogen-bond acceptors (Lipinski definition) is 5. The van der Waals surface area contributed by atoms with E-state index < -0.39 is 11.5 Å². The number of nitrogens with one attached hydrogen (secondary N) is 1. The van der Waals surface area contributed by atoms with Crippen LogP contribution in [0.1, 0.15) is 33.3 Å². The Morgan fingerprint density at radius 1 is 1.33 bits per heavy atom. The number of rotatable bonds is 2. The van der Waals surface area contributed by atoms with E-state index in [1.807, 2.05) is 37.5 Å². The van der Waals surface area contributed by atoms with Gasteiger partial charge < -0.3 is 10.2 Å². The highest BCUT2D eigenvalue weighted by Crippen LogP contribution is 2.54. The van der Waals surface area contributed by atoms with E-state index in [-0.39, 0.29) is 11.8 Å². The number of thiazole rings is 1. The van der Waals surface area contributed by atoms with Crippen molar-refractivity contribution in [1.29, 1.82) is 0 Å². The number of carbonyl (C=O) groups excluding carboxylic acids is 2.